The Hall–Kier alpha value is -5.10. The molecular weight excluding hydrogens is 865 g/mol. The van der Waals surface area contributed by atoms with Crippen LogP contribution in [-0.2, 0) is 6.42 Å². The Balaban J connectivity index is 0.000000197. The summed E-state index contributed by atoms with van der Waals surface area (Å²) >= 11 is 0. The Morgan fingerprint density at radius 1 is 0.623 bits per heavy atom. The normalized spacial score (nSPS) is 16.4. The average molecular weight is 949 g/mol. The highest BCUT2D eigenvalue weighted by molar-refractivity contribution is 5.92. The first-order valence-corrected chi connectivity index (χ1v) is 26.2. The van der Waals surface area contributed by atoms with Gasteiger partial charge in [0.15, 0.2) is 0 Å². The summed E-state index contributed by atoms with van der Waals surface area (Å²) in [7, 11) is 0. The minimum Gasteiger partial charge on any atom is -0.508 e. The maximum absolute atomic E-state index is 12.5. The van der Waals surface area contributed by atoms with Crippen LogP contribution in [0.2, 0.25) is 0 Å². The van der Waals surface area contributed by atoms with Crippen molar-refractivity contribution in [2.45, 2.75) is 137 Å². The molecule has 0 radical (unpaired) electrons. The molecule has 69 heavy (non-hydrogen) atoms. The number of phenolic OH excluding ortho intramolecular Hbond substituents is 1. The lowest BCUT2D eigenvalue weighted by Crippen LogP contribution is -2.32. The first-order valence-electron chi connectivity index (χ1n) is 26.2. The Labute approximate surface area is 414 Å². The zero-order chi connectivity index (χ0) is 49.7. The van der Waals surface area contributed by atoms with Gasteiger partial charge in [-0.3, -0.25) is 0 Å². The molecule has 11 nitrogen and oxygen atoms in total. The number of hydrogen-bond acceptors (Lipinski definition) is 10. The highest BCUT2D eigenvalue weighted by Gasteiger charge is 2.29. The molecule has 3 atom stereocenters. The van der Waals surface area contributed by atoms with Crippen molar-refractivity contribution in [2.24, 2.45) is 0 Å². The van der Waals surface area contributed by atoms with Gasteiger partial charge in [-0.25, -0.2) is 9.59 Å². The van der Waals surface area contributed by atoms with Gasteiger partial charge in [-0.15, -0.1) is 0 Å². The number of carbonyl (C=O) groups excluding carboxylic acids is 2. The van der Waals surface area contributed by atoms with E-state index < -0.39 is 6.09 Å². The molecule has 378 valence electrons. The topological polar surface area (TPSA) is 113 Å². The van der Waals surface area contributed by atoms with E-state index in [9.17, 15) is 14.7 Å². The lowest BCUT2D eigenvalue weighted by atomic mass is 10.00. The fourth-order valence-electron chi connectivity index (χ4n) is 9.86. The Bertz CT molecular complexity index is 2180. The molecule has 3 aliphatic rings. The Kier molecular flexibility index (Phi) is 22.7. The van der Waals surface area contributed by atoms with Gasteiger partial charge in [-0.1, -0.05) is 65.8 Å². The van der Waals surface area contributed by atoms with Crippen molar-refractivity contribution in [3.8, 4) is 28.7 Å². The number of nitrogens with zero attached hydrogens (tertiary/aromatic N) is 3. The van der Waals surface area contributed by atoms with E-state index in [0.717, 1.165) is 99.7 Å². The SMILES string of the molecule is CCCN(CCC)CC1CCc2ccc(O)cc21.CCCN(CCC)CC1COc2ccc(OC(=O)NC(C)C)cc21.CCCN(CCC)CC1COc2ccc(OC(=O)c3ccccc3C)cc21. The predicted molar refractivity (Wildman–Crippen MR) is 280 cm³/mol. The molecule has 0 aromatic heterocycles. The van der Waals surface area contributed by atoms with E-state index in [-0.39, 0.29) is 12.0 Å². The molecule has 0 bridgehead atoms. The Morgan fingerprint density at radius 3 is 1.58 bits per heavy atom. The largest absolute Gasteiger partial charge is 0.508 e. The van der Waals surface area contributed by atoms with Crippen LogP contribution in [-0.4, -0.2) is 110 Å². The van der Waals surface area contributed by atoms with Crippen LogP contribution >= 0.6 is 0 Å². The summed E-state index contributed by atoms with van der Waals surface area (Å²) in [5, 5.41) is 12.4. The van der Waals surface area contributed by atoms with E-state index in [4.69, 9.17) is 18.9 Å². The standard InChI is InChI=1S/C23H29NO3.C19H30N2O3.C16H25NO/c1-4-12-24(13-5-2)15-18-16-26-22-11-10-19(14-21(18)22)27-23(25)20-9-7-6-8-17(20)3;1-5-9-21(10-6-2)12-15-13-23-18-8-7-16(11-17(15)18)24-19(22)20-14(3)4;1-3-9-17(10-4-2)12-14-6-5-13-7-8-15(18)11-16(13)14/h6-11,14,18H,4-5,12-13,15-16H2,1-3H3;7-8,11,14-15H,5-6,9-10,12-13H2,1-4H3,(H,20,22);7-8,11,14,18H,3-6,9-10,12H2,1-2H3. The molecule has 0 saturated carbocycles. The summed E-state index contributed by atoms with van der Waals surface area (Å²) in [5.41, 5.74) is 6.62. The number of aromatic hydroxyl groups is 1. The summed E-state index contributed by atoms with van der Waals surface area (Å²) in [6.07, 6.45) is 9.04. The zero-order valence-corrected chi connectivity index (χ0v) is 43.5. The number of fused-ring (bicyclic) bond motifs is 3. The average Bonchev–Trinajstić information content (AvgIpc) is 4.03. The maximum atomic E-state index is 12.5. The third-order valence-electron chi connectivity index (χ3n) is 12.9. The summed E-state index contributed by atoms with van der Waals surface area (Å²) in [4.78, 5) is 31.8. The number of nitrogens with one attached hydrogen (secondary N) is 1. The lowest BCUT2D eigenvalue weighted by Gasteiger charge is -2.25. The Morgan fingerprint density at radius 2 is 1.10 bits per heavy atom. The molecule has 0 fully saturated rings. The molecule has 11 heteroatoms. The second-order valence-electron chi connectivity index (χ2n) is 19.3. The third-order valence-corrected chi connectivity index (χ3v) is 12.9. The molecule has 4 aromatic carbocycles. The van der Waals surface area contributed by atoms with Crippen molar-refractivity contribution in [3.05, 3.63) is 112 Å². The fourth-order valence-corrected chi connectivity index (χ4v) is 9.86. The van der Waals surface area contributed by atoms with E-state index in [0.29, 0.717) is 53.8 Å². The van der Waals surface area contributed by atoms with Crippen molar-refractivity contribution in [2.75, 3.05) is 72.1 Å². The van der Waals surface area contributed by atoms with Gasteiger partial charge in [0, 0.05) is 48.6 Å². The quantitative estimate of drug-likeness (QED) is 0.0583. The van der Waals surface area contributed by atoms with Crippen LogP contribution in [0.5, 0.6) is 28.7 Å². The first kappa shape index (κ1) is 54.8. The van der Waals surface area contributed by atoms with Gasteiger partial charge < -0.3 is 44.1 Å². The smallest absolute Gasteiger partial charge is 0.412 e. The molecule has 1 amide bonds. The molecule has 7 rings (SSSR count). The van der Waals surface area contributed by atoms with Gasteiger partial charge in [-0.05, 0) is 189 Å². The number of rotatable bonds is 22. The van der Waals surface area contributed by atoms with Gasteiger partial charge >= 0.3 is 12.1 Å². The maximum Gasteiger partial charge on any atom is 0.412 e. The molecule has 0 saturated heterocycles. The van der Waals surface area contributed by atoms with Gasteiger partial charge in [-0.2, -0.15) is 0 Å². The van der Waals surface area contributed by atoms with E-state index in [1.54, 1.807) is 12.1 Å². The van der Waals surface area contributed by atoms with Crippen LogP contribution in [0, 0.1) is 6.92 Å². The van der Waals surface area contributed by atoms with Crippen molar-refractivity contribution >= 4 is 12.1 Å². The number of aryl methyl sites for hydroxylation is 2. The zero-order valence-electron chi connectivity index (χ0n) is 43.5. The molecular formula is C58H84N4O7. The summed E-state index contributed by atoms with van der Waals surface area (Å²) in [5.74, 6) is 4.32. The van der Waals surface area contributed by atoms with Gasteiger partial charge in [0.1, 0.15) is 28.7 Å². The lowest BCUT2D eigenvalue weighted by molar-refractivity contribution is 0.0733. The first-order chi connectivity index (χ1) is 33.4. The molecule has 3 unspecified atom stereocenters. The summed E-state index contributed by atoms with van der Waals surface area (Å²) in [6, 6.07) is 24.8. The van der Waals surface area contributed by atoms with Crippen molar-refractivity contribution in [3.63, 3.8) is 0 Å². The molecule has 0 spiro atoms. The van der Waals surface area contributed by atoms with E-state index >= 15 is 0 Å². The molecule has 1 aliphatic carbocycles. The minimum atomic E-state index is -0.418. The molecule has 2 N–H and O–H groups in total. The predicted octanol–water partition coefficient (Wildman–Crippen LogP) is 12.1. The molecule has 2 aliphatic heterocycles. The third kappa shape index (κ3) is 16.8. The van der Waals surface area contributed by atoms with Crippen molar-refractivity contribution in [1.29, 1.82) is 0 Å². The van der Waals surface area contributed by atoms with Crippen LogP contribution < -0.4 is 24.3 Å². The van der Waals surface area contributed by atoms with Gasteiger partial charge in [0.25, 0.3) is 0 Å². The highest BCUT2D eigenvalue weighted by Crippen LogP contribution is 2.39. The highest BCUT2D eigenvalue weighted by atomic mass is 16.6. The van der Waals surface area contributed by atoms with E-state index in [2.05, 4.69) is 67.6 Å². The number of benzene rings is 4. The summed E-state index contributed by atoms with van der Waals surface area (Å²) < 4.78 is 22.7. The second-order valence-corrected chi connectivity index (χ2v) is 19.3. The molecule has 4 aromatic rings. The van der Waals surface area contributed by atoms with Crippen LogP contribution in [0.4, 0.5) is 4.79 Å². The van der Waals surface area contributed by atoms with Crippen molar-refractivity contribution < 1.29 is 33.6 Å². The monoisotopic (exact) mass is 949 g/mol. The number of ether oxygens (including phenoxy) is 4. The number of amides is 1. The minimum absolute atomic E-state index is 0.0552. The van der Waals surface area contributed by atoms with E-state index in [1.165, 1.54) is 49.9 Å². The van der Waals surface area contributed by atoms with Gasteiger partial charge in [0.05, 0.1) is 18.8 Å². The van der Waals surface area contributed by atoms with E-state index in [1.807, 2.05) is 81.4 Å². The number of phenols is 1. The fraction of sp³-hybridized carbons (Fsp3) is 0.552. The van der Waals surface area contributed by atoms with Gasteiger partial charge in [0.2, 0.25) is 0 Å². The number of esters is 1. The van der Waals surface area contributed by atoms with Crippen LogP contribution in [0.3, 0.4) is 0 Å². The van der Waals surface area contributed by atoms with Crippen LogP contribution in [0.25, 0.3) is 0 Å². The second kappa shape index (κ2) is 28.5. The number of carbonyl (C=O) groups is 2. The molecule has 2 heterocycles. The van der Waals surface area contributed by atoms with Crippen LogP contribution in [0.1, 0.15) is 156 Å². The summed E-state index contributed by atoms with van der Waals surface area (Å²) in [6.45, 7) is 30.4. The van der Waals surface area contributed by atoms with Crippen molar-refractivity contribution in [1.82, 2.24) is 20.0 Å². The van der Waals surface area contributed by atoms with Crippen LogP contribution in [0.15, 0.2) is 78.9 Å². The number of hydrogen-bond donors (Lipinski definition) is 2.